The van der Waals surface area contributed by atoms with Gasteiger partial charge in [0, 0.05) is 18.7 Å². The Morgan fingerprint density at radius 2 is 2.25 bits per heavy atom. The van der Waals surface area contributed by atoms with Gasteiger partial charge in [-0.25, -0.2) is 12.8 Å². The summed E-state index contributed by atoms with van der Waals surface area (Å²) in [6, 6.07) is 2.72. The Balaban J connectivity index is 2.04. The summed E-state index contributed by atoms with van der Waals surface area (Å²) in [5, 5.41) is 3.08. The van der Waals surface area contributed by atoms with E-state index in [0.29, 0.717) is 25.3 Å². The van der Waals surface area contributed by atoms with Gasteiger partial charge < -0.3 is 15.8 Å². The zero-order chi connectivity index (χ0) is 14.8. The molecule has 1 heterocycles. The predicted molar refractivity (Wildman–Crippen MR) is 77.2 cm³/mol. The number of nitrogens with one attached hydrogen (secondary N) is 1. The van der Waals surface area contributed by atoms with Crippen LogP contribution in [0, 0.1) is 11.7 Å². The van der Waals surface area contributed by atoms with Crippen LogP contribution in [0.4, 0.5) is 15.8 Å². The van der Waals surface area contributed by atoms with Crippen molar-refractivity contribution in [2.24, 2.45) is 5.92 Å². The molecule has 112 valence electrons. The van der Waals surface area contributed by atoms with E-state index >= 15 is 0 Å². The summed E-state index contributed by atoms with van der Waals surface area (Å²) in [6.45, 7) is 2.63. The van der Waals surface area contributed by atoms with Crippen molar-refractivity contribution in [1.29, 1.82) is 0 Å². The maximum atomic E-state index is 13.5. The third-order valence-electron chi connectivity index (χ3n) is 3.31. The lowest BCUT2D eigenvalue weighted by molar-refractivity contribution is 0.322. The second-order valence-electron chi connectivity index (χ2n) is 4.95. The Bertz CT molecular complexity index is 590. The molecule has 1 aliphatic heterocycles. The molecule has 1 atom stereocenters. The van der Waals surface area contributed by atoms with Gasteiger partial charge in [0.2, 0.25) is 0 Å². The molecule has 0 amide bonds. The normalized spacial score (nSPS) is 20.8. The number of nitrogens with two attached hydrogens (primary N) is 1. The van der Waals surface area contributed by atoms with Gasteiger partial charge in [-0.2, -0.15) is 0 Å². The second-order valence-corrected chi connectivity index (χ2v) is 7.18. The monoisotopic (exact) mass is 302 g/mol. The van der Waals surface area contributed by atoms with Gasteiger partial charge >= 0.3 is 0 Å². The number of hydrogen-bond acceptors (Lipinski definition) is 5. The molecular weight excluding hydrogens is 283 g/mol. The Morgan fingerprint density at radius 1 is 1.50 bits per heavy atom. The molecule has 5 nitrogen and oxygen atoms in total. The topological polar surface area (TPSA) is 81.4 Å². The first kappa shape index (κ1) is 14.9. The molecule has 0 saturated carbocycles. The van der Waals surface area contributed by atoms with Gasteiger partial charge in [-0.1, -0.05) is 0 Å². The van der Waals surface area contributed by atoms with Crippen LogP contribution in [0.1, 0.15) is 13.3 Å². The van der Waals surface area contributed by atoms with Crippen molar-refractivity contribution in [2.45, 2.75) is 13.3 Å². The van der Waals surface area contributed by atoms with Gasteiger partial charge in [0.25, 0.3) is 0 Å². The summed E-state index contributed by atoms with van der Waals surface area (Å²) >= 11 is 0. The number of nitrogen functional groups attached to an aromatic ring is 1. The fraction of sp³-hybridized carbons (Fsp3) is 0.538. The quantitative estimate of drug-likeness (QED) is 0.808. The molecule has 1 saturated heterocycles. The molecule has 3 N–H and O–H groups in total. The highest BCUT2D eigenvalue weighted by molar-refractivity contribution is 7.91. The van der Waals surface area contributed by atoms with Crippen molar-refractivity contribution < 1.29 is 17.5 Å². The van der Waals surface area contributed by atoms with Crippen LogP contribution in [0.2, 0.25) is 0 Å². The zero-order valence-electron chi connectivity index (χ0n) is 11.4. The number of anilines is 2. The molecule has 1 aromatic carbocycles. The lowest BCUT2D eigenvalue weighted by Gasteiger charge is -2.15. The maximum absolute atomic E-state index is 13.5. The first-order valence-corrected chi connectivity index (χ1v) is 8.39. The van der Waals surface area contributed by atoms with Crippen molar-refractivity contribution in [1.82, 2.24) is 0 Å². The van der Waals surface area contributed by atoms with Crippen LogP contribution in [0.3, 0.4) is 0 Å². The number of ether oxygens (including phenoxy) is 1. The van der Waals surface area contributed by atoms with Gasteiger partial charge in [-0.05, 0) is 19.3 Å². The Hall–Kier alpha value is -1.50. The molecule has 1 aromatic rings. The van der Waals surface area contributed by atoms with Crippen LogP contribution in [-0.2, 0) is 9.84 Å². The van der Waals surface area contributed by atoms with E-state index in [2.05, 4.69) is 5.32 Å². The average Bonchev–Trinajstić information content (AvgIpc) is 2.71. The standard InChI is InChI=1S/C13H19FN2O3S/c1-2-19-13-6-12(11(15)5-10(13)14)16-7-9-3-4-20(17,18)8-9/h5-6,9,16H,2-4,7-8,15H2,1H3. The fourth-order valence-corrected chi connectivity index (χ4v) is 4.14. The van der Waals surface area contributed by atoms with Crippen molar-refractivity contribution in [2.75, 3.05) is 35.7 Å². The Kier molecular flexibility index (Phi) is 4.37. The van der Waals surface area contributed by atoms with Crippen LogP contribution in [0.15, 0.2) is 12.1 Å². The van der Waals surface area contributed by atoms with Gasteiger partial charge in [-0.3, -0.25) is 0 Å². The summed E-state index contributed by atoms with van der Waals surface area (Å²) in [5.74, 6) is 0.142. The van der Waals surface area contributed by atoms with Crippen LogP contribution < -0.4 is 15.8 Å². The number of rotatable bonds is 5. The van der Waals surface area contributed by atoms with Crippen LogP contribution >= 0.6 is 0 Å². The number of halogens is 1. The van der Waals surface area contributed by atoms with Crippen molar-refractivity contribution >= 4 is 21.2 Å². The molecule has 0 bridgehead atoms. The van der Waals surface area contributed by atoms with Gasteiger partial charge in [0.05, 0.1) is 29.5 Å². The molecular formula is C13H19FN2O3S. The molecule has 2 rings (SSSR count). The van der Waals surface area contributed by atoms with Gasteiger partial charge in [0.1, 0.15) is 0 Å². The summed E-state index contributed by atoms with van der Waals surface area (Å²) in [5.41, 5.74) is 6.60. The minimum absolute atomic E-state index is 0.0694. The van der Waals surface area contributed by atoms with Crippen molar-refractivity contribution in [3.8, 4) is 5.75 Å². The van der Waals surface area contributed by atoms with E-state index in [1.54, 1.807) is 6.92 Å². The maximum Gasteiger partial charge on any atom is 0.167 e. The molecule has 1 aliphatic rings. The highest BCUT2D eigenvalue weighted by Crippen LogP contribution is 2.29. The summed E-state index contributed by atoms with van der Waals surface area (Å²) in [7, 11) is -2.89. The van der Waals surface area contributed by atoms with Crippen molar-refractivity contribution in [3.63, 3.8) is 0 Å². The molecule has 20 heavy (non-hydrogen) atoms. The fourth-order valence-electron chi connectivity index (χ4n) is 2.28. The molecule has 0 spiro atoms. The van der Waals surface area contributed by atoms with Crippen molar-refractivity contribution in [3.05, 3.63) is 17.9 Å². The van der Waals surface area contributed by atoms with E-state index in [-0.39, 0.29) is 28.9 Å². The highest BCUT2D eigenvalue weighted by atomic mass is 32.2. The van der Waals surface area contributed by atoms with E-state index in [9.17, 15) is 12.8 Å². The summed E-state index contributed by atoms with van der Waals surface area (Å²) in [4.78, 5) is 0. The molecule has 0 aliphatic carbocycles. The smallest absolute Gasteiger partial charge is 0.167 e. The third kappa shape index (κ3) is 3.53. The lowest BCUT2D eigenvalue weighted by Crippen LogP contribution is -2.16. The number of hydrogen-bond donors (Lipinski definition) is 2. The van der Waals surface area contributed by atoms with Crippen LogP contribution in [-0.4, -0.2) is 33.1 Å². The Morgan fingerprint density at radius 3 is 2.85 bits per heavy atom. The highest BCUT2D eigenvalue weighted by Gasteiger charge is 2.27. The second kappa shape index (κ2) is 5.87. The van der Waals surface area contributed by atoms with Gasteiger partial charge in [-0.15, -0.1) is 0 Å². The number of sulfone groups is 1. The first-order valence-electron chi connectivity index (χ1n) is 6.57. The van der Waals surface area contributed by atoms with Crippen LogP contribution in [0.25, 0.3) is 0 Å². The van der Waals surface area contributed by atoms with Gasteiger partial charge in [0.15, 0.2) is 21.4 Å². The predicted octanol–water partition coefficient (Wildman–Crippen LogP) is 1.65. The van der Waals surface area contributed by atoms with E-state index in [1.807, 2.05) is 0 Å². The van der Waals surface area contributed by atoms with Crippen LogP contribution in [0.5, 0.6) is 5.75 Å². The minimum Gasteiger partial charge on any atom is -0.491 e. The summed E-state index contributed by atoms with van der Waals surface area (Å²) in [6.07, 6.45) is 0.648. The molecule has 0 radical (unpaired) electrons. The Labute approximate surface area is 118 Å². The third-order valence-corrected chi connectivity index (χ3v) is 5.15. The zero-order valence-corrected chi connectivity index (χ0v) is 12.2. The SMILES string of the molecule is CCOc1cc(NCC2CCS(=O)(=O)C2)c(N)cc1F. The van der Waals surface area contributed by atoms with E-state index in [4.69, 9.17) is 10.5 Å². The molecule has 0 aromatic heterocycles. The molecule has 1 unspecified atom stereocenters. The first-order chi connectivity index (χ1) is 9.41. The van der Waals surface area contributed by atoms with E-state index in [0.717, 1.165) is 0 Å². The van der Waals surface area contributed by atoms with E-state index < -0.39 is 15.7 Å². The molecule has 1 fully saturated rings. The van der Waals surface area contributed by atoms with E-state index in [1.165, 1.54) is 12.1 Å². The average molecular weight is 302 g/mol. The lowest BCUT2D eigenvalue weighted by atomic mass is 10.1. The summed E-state index contributed by atoms with van der Waals surface area (Å²) < 4.78 is 41.5. The minimum atomic E-state index is -2.89. The largest absolute Gasteiger partial charge is 0.491 e. The molecule has 7 heteroatoms. The number of benzene rings is 1.